The van der Waals surface area contributed by atoms with E-state index in [4.69, 9.17) is 0 Å². The average molecular weight is 329 g/mol. The second-order valence-electron chi connectivity index (χ2n) is 5.70. The van der Waals surface area contributed by atoms with Crippen LogP contribution in [0.15, 0.2) is 26.2 Å². The zero-order valence-electron chi connectivity index (χ0n) is 11.9. The van der Waals surface area contributed by atoms with Crippen LogP contribution in [0.1, 0.15) is 51.7 Å². The second kappa shape index (κ2) is 6.20. The first kappa shape index (κ1) is 15.7. The number of hydrogen-bond acceptors (Lipinski definition) is 3. The van der Waals surface area contributed by atoms with Gasteiger partial charge in [-0.05, 0) is 56.9 Å². The van der Waals surface area contributed by atoms with Crippen LogP contribution in [0, 0.1) is 6.92 Å². The van der Waals surface area contributed by atoms with Crippen molar-refractivity contribution < 1.29 is 0 Å². The minimum Gasteiger partial charge on any atom is -0.143 e. The van der Waals surface area contributed by atoms with E-state index in [0.29, 0.717) is 5.92 Å². The maximum Gasteiger partial charge on any atom is 0.0927 e. The van der Waals surface area contributed by atoms with Gasteiger partial charge < -0.3 is 0 Å². The van der Waals surface area contributed by atoms with E-state index in [1.165, 1.54) is 17.5 Å². The van der Waals surface area contributed by atoms with E-state index in [-0.39, 0.29) is 4.75 Å². The molecule has 0 bridgehead atoms. The van der Waals surface area contributed by atoms with E-state index in [1.807, 2.05) is 0 Å². The topological polar surface area (TPSA) is 24.7 Å². The molecule has 0 amide bonds. The summed E-state index contributed by atoms with van der Waals surface area (Å²) in [4.78, 5) is 0. The summed E-state index contributed by atoms with van der Waals surface area (Å²) in [5, 5.41) is 4.42. The molecule has 100 valence electrons. The number of hydrogen-bond donors (Lipinski definition) is 0. The van der Waals surface area contributed by atoms with Crippen molar-refractivity contribution in [3.8, 4) is 0 Å². The first-order valence-electron chi connectivity index (χ1n) is 6.10. The molecule has 2 nitrogen and oxygen atoms in total. The molecule has 0 heterocycles. The second-order valence-corrected chi connectivity index (χ2v) is 8.19. The van der Waals surface area contributed by atoms with Gasteiger partial charge in [-0.2, -0.15) is 0 Å². The van der Waals surface area contributed by atoms with Gasteiger partial charge >= 0.3 is 0 Å². The summed E-state index contributed by atoms with van der Waals surface area (Å²) >= 11 is 5.05. The van der Waals surface area contributed by atoms with Gasteiger partial charge in [0, 0.05) is 21.2 Å². The Labute approximate surface area is 123 Å². The Hall–Kier alpha value is -0.350. The Balaban J connectivity index is 3.08. The molecule has 0 N–H and O–H groups in total. The predicted octanol–water partition coefficient (Wildman–Crippen LogP) is 6.41. The molecule has 0 radical (unpaired) electrons. The number of halogens is 1. The highest BCUT2D eigenvalue weighted by Gasteiger charge is 2.13. The van der Waals surface area contributed by atoms with Gasteiger partial charge in [0.25, 0.3) is 0 Å². The molecule has 0 saturated carbocycles. The van der Waals surface area contributed by atoms with Gasteiger partial charge in [-0.1, -0.05) is 29.8 Å². The molecular formula is C14H21BrN2S. The van der Waals surface area contributed by atoms with Gasteiger partial charge in [0.15, 0.2) is 0 Å². The molecule has 1 aromatic carbocycles. The van der Waals surface area contributed by atoms with Gasteiger partial charge in [0.1, 0.15) is 0 Å². The van der Waals surface area contributed by atoms with E-state index in [9.17, 15) is 0 Å². The third kappa shape index (κ3) is 4.73. The van der Waals surface area contributed by atoms with Crippen LogP contribution in [-0.2, 0) is 0 Å². The van der Waals surface area contributed by atoms with Crippen molar-refractivity contribution in [1.29, 1.82) is 0 Å². The van der Waals surface area contributed by atoms with Crippen LogP contribution in [0.25, 0.3) is 0 Å². The number of nitrogens with zero attached hydrogens (tertiary/aromatic N) is 2. The van der Waals surface area contributed by atoms with E-state index in [1.54, 1.807) is 0 Å². The van der Waals surface area contributed by atoms with Gasteiger partial charge in [0.2, 0.25) is 0 Å². The lowest BCUT2D eigenvalue weighted by atomic mass is 9.99. The number of rotatable bonds is 3. The summed E-state index contributed by atoms with van der Waals surface area (Å²) in [5.74, 6) is 0.440. The molecule has 0 spiro atoms. The fourth-order valence-electron chi connectivity index (χ4n) is 1.52. The van der Waals surface area contributed by atoms with Gasteiger partial charge in [0.05, 0.1) is 5.69 Å². The highest BCUT2D eigenvalue weighted by Crippen LogP contribution is 2.35. The zero-order chi connectivity index (χ0) is 13.9. The number of benzene rings is 1. The van der Waals surface area contributed by atoms with Crippen molar-refractivity contribution in [1.82, 2.24) is 0 Å². The molecule has 18 heavy (non-hydrogen) atoms. The largest absolute Gasteiger partial charge is 0.143 e. The first-order chi connectivity index (χ1) is 8.20. The third-order valence-corrected chi connectivity index (χ3v) is 3.54. The molecule has 4 heteroatoms. The normalized spacial score (nSPS) is 12.7. The Morgan fingerprint density at radius 3 is 2.33 bits per heavy atom. The quantitative estimate of drug-likeness (QED) is 0.464. The van der Waals surface area contributed by atoms with Crippen LogP contribution in [0.2, 0.25) is 0 Å². The van der Waals surface area contributed by atoms with Crippen LogP contribution in [-0.4, -0.2) is 4.75 Å². The molecule has 0 aromatic heterocycles. The maximum absolute atomic E-state index is 4.42. The van der Waals surface area contributed by atoms with Crippen LogP contribution in [0.4, 0.5) is 5.69 Å². The van der Waals surface area contributed by atoms with Crippen LogP contribution < -0.4 is 0 Å². The van der Waals surface area contributed by atoms with E-state index < -0.39 is 0 Å². The van der Waals surface area contributed by atoms with Gasteiger partial charge in [-0.25, -0.2) is 0 Å². The first-order valence-corrected chi connectivity index (χ1v) is 7.66. The molecule has 0 aliphatic heterocycles. The van der Waals surface area contributed by atoms with E-state index in [0.717, 1.165) is 15.7 Å². The summed E-state index contributed by atoms with van der Waals surface area (Å²) < 4.78 is 5.48. The molecule has 0 aliphatic carbocycles. The summed E-state index contributed by atoms with van der Waals surface area (Å²) in [6, 6.07) is 4.22. The van der Waals surface area contributed by atoms with Crippen molar-refractivity contribution in [3.63, 3.8) is 0 Å². The number of aryl methyl sites for hydroxylation is 1. The smallest absolute Gasteiger partial charge is 0.0927 e. The summed E-state index contributed by atoms with van der Waals surface area (Å²) in [6.45, 7) is 12.8. The minimum atomic E-state index is 0.102. The van der Waals surface area contributed by atoms with E-state index in [2.05, 4.69) is 79.2 Å². The highest BCUT2D eigenvalue weighted by molar-refractivity contribution is 9.10. The van der Waals surface area contributed by atoms with Crippen molar-refractivity contribution in [2.45, 2.75) is 52.2 Å². The third-order valence-electron chi connectivity index (χ3n) is 2.37. The molecule has 0 unspecified atom stereocenters. The van der Waals surface area contributed by atoms with Crippen molar-refractivity contribution >= 4 is 33.6 Å². The van der Waals surface area contributed by atoms with Gasteiger partial charge in [-0.3, -0.25) is 0 Å². The standard InChI is InChI=1S/C14H21BrN2S/c1-9(2)12-8-11(15)7-10(3)13(12)16-17-18-14(4,5)6/h7-9H,1-6H3/b17-16+. The monoisotopic (exact) mass is 328 g/mol. The lowest BCUT2D eigenvalue weighted by Gasteiger charge is -2.14. The molecule has 1 aromatic rings. The molecule has 0 atom stereocenters. The summed E-state index contributed by atoms with van der Waals surface area (Å²) in [5.41, 5.74) is 3.40. The summed E-state index contributed by atoms with van der Waals surface area (Å²) in [6.07, 6.45) is 0. The Morgan fingerprint density at radius 2 is 1.83 bits per heavy atom. The van der Waals surface area contributed by atoms with Gasteiger partial charge in [-0.15, -0.1) is 9.63 Å². The van der Waals surface area contributed by atoms with Crippen LogP contribution in [0.5, 0.6) is 0 Å². The average Bonchev–Trinajstić information content (AvgIpc) is 2.18. The summed E-state index contributed by atoms with van der Waals surface area (Å²) in [7, 11) is 0. The predicted molar refractivity (Wildman–Crippen MR) is 84.8 cm³/mol. The fraction of sp³-hybridized carbons (Fsp3) is 0.571. The SMILES string of the molecule is Cc1cc(Br)cc(C(C)C)c1/N=N/SC(C)(C)C. The Kier molecular flexibility index (Phi) is 5.41. The van der Waals surface area contributed by atoms with Crippen molar-refractivity contribution in [2.75, 3.05) is 0 Å². The Morgan fingerprint density at radius 1 is 1.22 bits per heavy atom. The maximum atomic E-state index is 4.42. The highest BCUT2D eigenvalue weighted by atomic mass is 79.9. The lowest BCUT2D eigenvalue weighted by molar-refractivity contribution is 0.802. The molecule has 0 aliphatic rings. The fourth-order valence-corrected chi connectivity index (χ4v) is 2.48. The minimum absolute atomic E-state index is 0.102. The zero-order valence-corrected chi connectivity index (χ0v) is 14.3. The Bertz CT molecular complexity index is 448. The molecular weight excluding hydrogens is 308 g/mol. The van der Waals surface area contributed by atoms with Crippen LogP contribution >= 0.6 is 27.9 Å². The molecule has 1 rings (SSSR count). The lowest BCUT2D eigenvalue weighted by Crippen LogP contribution is -2.04. The molecule has 0 fully saturated rings. The van der Waals surface area contributed by atoms with Crippen LogP contribution in [0.3, 0.4) is 0 Å². The van der Waals surface area contributed by atoms with Crippen molar-refractivity contribution in [3.05, 3.63) is 27.7 Å². The van der Waals surface area contributed by atoms with E-state index >= 15 is 0 Å². The molecule has 0 saturated heterocycles. The van der Waals surface area contributed by atoms with Crippen molar-refractivity contribution in [2.24, 2.45) is 9.63 Å².